The van der Waals surface area contributed by atoms with Gasteiger partial charge in [0.1, 0.15) is 11.6 Å². The Hall–Kier alpha value is -2.20. The molecule has 0 aliphatic carbocycles. The smallest absolute Gasteiger partial charge is 0.329 e. The molecule has 1 fully saturated rings. The zero-order chi connectivity index (χ0) is 14.0. The summed E-state index contributed by atoms with van der Waals surface area (Å²) in [5.74, 6) is 0.282. The molecule has 100 valence electrons. The van der Waals surface area contributed by atoms with Gasteiger partial charge >= 0.3 is 5.69 Å². The van der Waals surface area contributed by atoms with Gasteiger partial charge in [-0.25, -0.2) is 4.98 Å². The third-order valence-electron chi connectivity index (χ3n) is 3.07. The Bertz CT molecular complexity index is 529. The van der Waals surface area contributed by atoms with Gasteiger partial charge in [-0.1, -0.05) is 0 Å². The highest BCUT2D eigenvalue weighted by molar-refractivity contribution is 5.65. The third-order valence-corrected chi connectivity index (χ3v) is 3.07. The lowest BCUT2D eigenvalue weighted by atomic mass is 10.1. The van der Waals surface area contributed by atoms with Gasteiger partial charge in [0.25, 0.3) is 0 Å². The first-order chi connectivity index (χ1) is 9.02. The normalized spacial score (nSPS) is 22.9. The van der Waals surface area contributed by atoms with E-state index in [4.69, 9.17) is 5.26 Å². The Morgan fingerprint density at radius 2 is 2.16 bits per heavy atom. The third kappa shape index (κ3) is 2.63. The van der Waals surface area contributed by atoms with E-state index < -0.39 is 4.92 Å². The maximum Gasteiger partial charge on any atom is 0.329 e. The Morgan fingerprint density at radius 1 is 1.53 bits per heavy atom. The van der Waals surface area contributed by atoms with Gasteiger partial charge in [-0.3, -0.25) is 10.1 Å². The van der Waals surface area contributed by atoms with Crippen LogP contribution in [0, 0.1) is 21.4 Å². The Labute approximate surface area is 111 Å². The molecule has 0 saturated carbocycles. The van der Waals surface area contributed by atoms with Crippen molar-refractivity contribution < 1.29 is 4.92 Å². The highest BCUT2D eigenvalue weighted by Gasteiger charge is 2.29. The summed E-state index contributed by atoms with van der Waals surface area (Å²) in [4.78, 5) is 16.6. The minimum atomic E-state index is -0.530. The van der Waals surface area contributed by atoms with Crippen molar-refractivity contribution in [2.24, 2.45) is 0 Å². The molecule has 2 heterocycles. The van der Waals surface area contributed by atoms with Crippen LogP contribution in [0.25, 0.3) is 0 Å². The van der Waals surface area contributed by atoms with Crippen molar-refractivity contribution in [2.75, 3.05) is 18.0 Å². The van der Waals surface area contributed by atoms with Crippen LogP contribution in [0.1, 0.15) is 19.4 Å². The van der Waals surface area contributed by atoms with Crippen molar-refractivity contribution in [3.8, 4) is 6.07 Å². The molecule has 0 spiro atoms. The number of pyridine rings is 1. The van der Waals surface area contributed by atoms with Gasteiger partial charge in [-0.2, -0.15) is 5.26 Å². The molecule has 0 aromatic carbocycles. The lowest BCUT2D eigenvalue weighted by Crippen LogP contribution is -2.54. The zero-order valence-corrected chi connectivity index (χ0v) is 10.8. The molecule has 2 rings (SSSR count). The Kier molecular flexibility index (Phi) is 3.62. The summed E-state index contributed by atoms with van der Waals surface area (Å²) in [6.07, 6.45) is 1.44. The Morgan fingerprint density at radius 3 is 2.68 bits per heavy atom. The molecular formula is C12H15N5O2. The van der Waals surface area contributed by atoms with Gasteiger partial charge in [0.05, 0.1) is 4.92 Å². The summed E-state index contributed by atoms with van der Waals surface area (Å²) in [5, 5.41) is 23.5. The van der Waals surface area contributed by atoms with Crippen LogP contribution in [0.5, 0.6) is 0 Å². The summed E-state index contributed by atoms with van der Waals surface area (Å²) >= 11 is 0. The molecule has 0 bridgehead atoms. The lowest BCUT2D eigenvalue weighted by molar-refractivity contribution is -0.384. The second kappa shape index (κ2) is 5.20. The van der Waals surface area contributed by atoms with E-state index in [0.717, 1.165) is 0 Å². The summed E-state index contributed by atoms with van der Waals surface area (Å²) in [7, 11) is 0. The van der Waals surface area contributed by atoms with Gasteiger partial charge in [-0.05, 0) is 19.9 Å². The molecule has 0 amide bonds. The van der Waals surface area contributed by atoms with Crippen molar-refractivity contribution in [1.29, 1.82) is 5.26 Å². The van der Waals surface area contributed by atoms with Gasteiger partial charge < -0.3 is 10.2 Å². The monoisotopic (exact) mass is 261 g/mol. The summed E-state index contributed by atoms with van der Waals surface area (Å²) in [5.41, 5.74) is -0.153. The zero-order valence-electron chi connectivity index (χ0n) is 10.8. The van der Waals surface area contributed by atoms with Crippen molar-refractivity contribution in [3.63, 3.8) is 0 Å². The van der Waals surface area contributed by atoms with E-state index in [-0.39, 0.29) is 29.2 Å². The number of piperazine rings is 1. The SMILES string of the molecule is CC1CN(c2nccc(C#N)c2[N+](=O)[O-])CC(C)N1. The molecule has 2 atom stereocenters. The molecule has 1 saturated heterocycles. The number of rotatable bonds is 2. The molecule has 0 radical (unpaired) electrons. The number of nitrogens with one attached hydrogen (secondary N) is 1. The average molecular weight is 261 g/mol. The highest BCUT2D eigenvalue weighted by Crippen LogP contribution is 2.30. The largest absolute Gasteiger partial charge is 0.348 e. The van der Waals surface area contributed by atoms with Crippen LogP contribution in [0.3, 0.4) is 0 Å². The first kappa shape index (κ1) is 13.2. The minimum Gasteiger partial charge on any atom is -0.348 e. The number of nitrogens with zero attached hydrogens (tertiary/aromatic N) is 4. The fourth-order valence-electron chi connectivity index (χ4n) is 2.44. The topological polar surface area (TPSA) is 95.1 Å². The molecule has 2 unspecified atom stereocenters. The van der Waals surface area contributed by atoms with Gasteiger partial charge in [0.2, 0.25) is 5.82 Å². The van der Waals surface area contributed by atoms with E-state index in [1.54, 1.807) is 0 Å². The van der Waals surface area contributed by atoms with Gasteiger partial charge in [0.15, 0.2) is 0 Å². The first-order valence-electron chi connectivity index (χ1n) is 6.07. The van der Waals surface area contributed by atoms with E-state index in [9.17, 15) is 10.1 Å². The van der Waals surface area contributed by atoms with E-state index >= 15 is 0 Å². The summed E-state index contributed by atoms with van der Waals surface area (Å²) in [6.45, 7) is 5.30. The fourth-order valence-corrected chi connectivity index (χ4v) is 2.44. The predicted molar refractivity (Wildman–Crippen MR) is 69.9 cm³/mol. The fraction of sp³-hybridized carbons (Fsp3) is 0.500. The first-order valence-corrected chi connectivity index (χ1v) is 6.07. The van der Waals surface area contributed by atoms with Crippen molar-refractivity contribution in [2.45, 2.75) is 25.9 Å². The molecule has 7 nitrogen and oxygen atoms in total. The number of nitriles is 1. The van der Waals surface area contributed by atoms with Crippen LogP contribution in [0.2, 0.25) is 0 Å². The molecule has 7 heteroatoms. The standard InChI is InChI=1S/C12H15N5O2/c1-8-6-16(7-9(2)15-8)12-11(17(18)19)10(5-13)3-4-14-12/h3-4,8-9,15H,6-7H2,1-2H3. The predicted octanol–water partition coefficient (Wildman–Crippen LogP) is 1.05. The van der Waals surface area contributed by atoms with Gasteiger partial charge in [0, 0.05) is 31.4 Å². The van der Waals surface area contributed by atoms with E-state index in [0.29, 0.717) is 13.1 Å². The summed E-state index contributed by atoms with van der Waals surface area (Å²) in [6, 6.07) is 3.66. The number of hydrogen-bond donors (Lipinski definition) is 1. The number of hydrogen-bond acceptors (Lipinski definition) is 6. The Balaban J connectivity index is 2.44. The number of nitro groups is 1. The molecule has 1 aromatic heterocycles. The van der Waals surface area contributed by atoms with Crippen LogP contribution in [0.15, 0.2) is 12.3 Å². The molecule has 1 aromatic rings. The molecule has 19 heavy (non-hydrogen) atoms. The number of aromatic nitrogens is 1. The van der Waals surface area contributed by atoms with Crippen LogP contribution in [-0.4, -0.2) is 35.1 Å². The maximum atomic E-state index is 11.2. The van der Waals surface area contributed by atoms with Crippen LogP contribution in [0.4, 0.5) is 11.5 Å². The molecule has 1 aliphatic heterocycles. The number of anilines is 1. The van der Waals surface area contributed by atoms with Crippen LogP contribution < -0.4 is 10.2 Å². The lowest BCUT2D eigenvalue weighted by Gasteiger charge is -2.36. The quantitative estimate of drug-likeness (QED) is 0.631. The molecule has 1 aliphatic rings. The van der Waals surface area contributed by atoms with Crippen LogP contribution >= 0.6 is 0 Å². The maximum absolute atomic E-state index is 11.2. The highest BCUT2D eigenvalue weighted by atomic mass is 16.6. The van der Waals surface area contributed by atoms with Gasteiger partial charge in [-0.15, -0.1) is 0 Å². The van der Waals surface area contributed by atoms with E-state index in [1.807, 2.05) is 24.8 Å². The minimum absolute atomic E-state index is 0.0499. The second-order valence-corrected chi connectivity index (χ2v) is 4.77. The van der Waals surface area contributed by atoms with Crippen molar-refractivity contribution in [3.05, 3.63) is 27.9 Å². The second-order valence-electron chi connectivity index (χ2n) is 4.77. The molecular weight excluding hydrogens is 246 g/mol. The van der Waals surface area contributed by atoms with E-state index in [1.165, 1.54) is 12.3 Å². The van der Waals surface area contributed by atoms with Crippen molar-refractivity contribution in [1.82, 2.24) is 10.3 Å². The van der Waals surface area contributed by atoms with Crippen LogP contribution in [-0.2, 0) is 0 Å². The average Bonchev–Trinajstić information content (AvgIpc) is 2.36. The van der Waals surface area contributed by atoms with Crippen molar-refractivity contribution >= 4 is 11.5 Å². The van der Waals surface area contributed by atoms with E-state index in [2.05, 4.69) is 10.3 Å². The summed E-state index contributed by atoms with van der Waals surface area (Å²) < 4.78 is 0. The molecule has 1 N–H and O–H groups in total.